The van der Waals surface area contributed by atoms with Gasteiger partial charge in [-0.25, -0.2) is 9.97 Å². The summed E-state index contributed by atoms with van der Waals surface area (Å²) in [6, 6.07) is 46.2. The van der Waals surface area contributed by atoms with E-state index in [1.54, 1.807) is 42.9 Å². The van der Waals surface area contributed by atoms with E-state index in [1.165, 1.54) is 55.8 Å². The van der Waals surface area contributed by atoms with Gasteiger partial charge in [-0.2, -0.15) is 10.2 Å². The molecule has 1 amide bonds. The van der Waals surface area contributed by atoms with E-state index in [1.807, 2.05) is 68.6 Å². The summed E-state index contributed by atoms with van der Waals surface area (Å²) in [5.74, 6) is 3.81. The predicted octanol–water partition coefficient (Wildman–Crippen LogP) is 17.8. The molecule has 17 heteroatoms. The largest absolute Gasteiger partial charge is 0.506 e. The molecule has 502 valence electrons. The fourth-order valence-corrected chi connectivity index (χ4v) is 10.9. The van der Waals surface area contributed by atoms with Crippen molar-refractivity contribution in [1.82, 2.24) is 40.0 Å². The molecule has 0 atom stereocenters. The molecule has 0 aliphatic carbocycles. The maximum absolute atomic E-state index is 11.5. The van der Waals surface area contributed by atoms with Gasteiger partial charge in [0.1, 0.15) is 11.6 Å². The van der Waals surface area contributed by atoms with Crippen molar-refractivity contribution in [2.75, 3.05) is 47.4 Å². The monoisotopic (exact) mass is 1310 g/mol. The second-order valence-electron chi connectivity index (χ2n) is 26.5. The molecule has 0 fully saturated rings. The van der Waals surface area contributed by atoms with Crippen LogP contribution in [0, 0.1) is 0 Å². The number of hydrogen-bond acceptors (Lipinski definition) is 13. The van der Waals surface area contributed by atoms with Gasteiger partial charge in [0.05, 0.1) is 51.5 Å². The molecule has 0 bridgehead atoms. The van der Waals surface area contributed by atoms with E-state index in [0.717, 1.165) is 88.0 Å². The van der Waals surface area contributed by atoms with E-state index in [0.29, 0.717) is 47.2 Å². The van der Waals surface area contributed by atoms with Crippen LogP contribution in [0.2, 0.25) is 5.02 Å². The van der Waals surface area contributed by atoms with Crippen molar-refractivity contribution < 1.29 is 9.90 Å². The number of carbonyl (C=O) groups is 1. The number of aromatic nitrogens is 7. The summed E-state index contributed by atoms with van der Waals surface area (Å²) in [6.07, 6.45) is 8.11. The Morgan fingerprint density at radius 3 is 1.80 bits per heavy atom. The molecular weight excluding hydrogens is 1220 g/mol. The lowest BCUT2D eigenvalue weighted by molar-refractivity contribution is -0.114. The summed E-state index contributed by atoms with van der Waals surface area (Å²) in [5.41, 5.74) is 17.2. The van der Waals surface area contributed by atoms with E-state index in [2.05, 4.69) is 211 Å². The third kappa shape index (κ3) is 20.3. The first-order valence-corrected chi connectivity index (χ1v) is 33.9. The van der Waals surface area contributed by atoms with Crippen LogP contribution >= 0.6 is 11.6 Å². The van der Waals surface area contributed by atoms with Gasteiger partial charge in [-0.3, -0.25) is 24.3 Å². The van der Waals surface area contributed by atoms with Gasteiger partial charge in [0.2, 0.25) is 11.5 Å². The van der Waals surface area contributed by atoms with E-state index < -0.39 is 0 Å². The van der Waals surface area contributed by atoms with Crippen molar-refractivity contribution in [1.29, 1.82) is 0 Å². The van der Waals surface area contributed by atoms with Crippen molar-refractivity contribution >= 4 is 83.9 Å². The van der Waals surface area contributed by atoms with Gasteiger partial charge in [0, 0.05) is 108 Å². The average Bonchev–Trinajstić information content (AvgIpc) is 0.967. The Morgan fingerprint density at radius 2 is 1.14 bits per heavy atom. The van der Waals surface area contributed by atoms with Crippen molar-refractivity contribution in [2.24, 2.45) is 0 Å². The summed E-state index contributed by atoms with van der Waals surface area (Å²) in [7, 11) is 0. The van der Waals surface area contributed by atoms with Crippen LogP contribution in [0.5, 0.6) is 5.75 Å². The Morgan fingerprint density at radius 1 is 0.531 bits per heavy atom. The maximum atomic E-state index is 11.5. The topological polar surface area (TPSA) is 219 Å². The highest BCUT2D eigenvalue weighted by Crippen LogP contribution is 2.32. The number of aromatic amines is 2. The molecule has 0 saturated heterocycles. The van der Waals surface area contributed by atoms with Crippen LogP contribution in [0.4, 0.5) is 22.7 Å². The van der Waals surface area contributed by atoms with Gasteiger partial charge in [0.25, 0.3) is 0 Å². The minimum Gasteiger partial charge on any atom is -0.506 e. The lowest BCUT2D eigenvalue weighted by Gasteiger charge is -2.31. The molecule has 14 rings (SSSR count). The normalized spacial score (nSPS) is 13.0. The molecule has 0 radical (unpaired) electrons. The Labute approximate surface area is 570 Å². The molecule has 0 spiro atoms. The zero-order chi connectivity index (χ0) is 69.2. The zero-order valence-electron chi connectivity index (χ0n) is 58.1. The van der Waals surface area contributed by atoms with Gasteiger partial charge in [0.15, 0.2) is 5.43 Å². The number of rotatable bonds is 7. The molecule has 7 N–H and O–H groups in total. The highest BCUT2D eigenvalue weighted by atomic mass is 35.5. The van der Waals surface area contributed by atoms with Crippen molar-refractivity contribution in [3.63, 3.8) is 0 Å². The number of phenols is 1. The smallest absolute Gasteiger partial charge is 0.248 e. The van der Waals surface area contributed by atoms with Crippen molar-refractivity contribution in [3.05, 3.63) is 235 Å². The predicted molar refractivity (Wildman–Crippen MR) is 400 cm³/mol. The number of benzene rings is 6. The van der Waals surface area contributed by atoms with Gasteiger partial charge in [-0.1, -0.05) is 131 Å². The first kappa shape index (κ1) is 72.3. The number of amides is 1. The number of pyridine rings is 3. The number of halogens is 1. The maximum Gasteiger partial charge on any atom is 0.248 e. The van der Waals surface area contributed by atoms with Crippen LogP contribution in [-0.4, -0.2) is 83.3 Å². The molecule has 8 heterocycles. The molecule has 96 heavy (non-hydrogen) atoms. The molecule has 0 saturated carbocycles. The number of H-pyrrole nitrogens is 2. The summed E-state index contributed by atoms with van der Waals surface area (Å²) < 4.78 is 0. The number of phenolic OH excluding ortho intramolecular Hbond substituents is 1. The van der Waals surface area contributed by atoms with Crippen molar-refractivity contribution in [2.45, 2.75) is 151 Å². The third-order valence-corrected chi connectivity index (χ3v) is 17.2. The number of anilines is 4. The van der Waals surface area contributed by atoms with Crippen LogP contribution in [-0.2, 0) is 17.8 Å². The van der Waals surface area contributed by atoms with E-state index in [-0.39, 0.29) is 28.6 Å². The fraction of sp³-hybridized carbons (Fsp3) is 0.342. The minimum absolute atomic E-state index is 0.0230. The lowest BCUT2D eigenvalue weighted by atomic mass is 10.0. The number of nitrogens with one attached hydrogen (secondary N) is 6. The second kappa shape index (κ2) is 34.2. The summed E-state index contributed by atoms with van der Waals surface area (Å²) in [4.78, 5) is 55.0. The summed E-state index contributed by atoms with van der Waals surface area (Å²) >= 11 is 5.81. The molecule has 16 nitrogen and oxygen atoms in total. The highest BCUT2D eigenvalue weighted by molar-refractivity contribution is 6.32. The third-order valence-electron chi connectivity index (χ3n) is 16.9. The molecule has 5 aromatic heterocycles. The van der Waals surface area contributed by atoms with Crippen LogP contribution in [0.1, 0.15) is 177 Å². The number of nitrogens with zero attached hydrogens (tertiary/aromatic N) is 6. The summed E-state index contributed by atoms with van der Waals surface area (Å²) in [6.45, 7) is 34.9. The molecule has 11 aromatic rings. The Hall–Kier alpha value is -9.51. The second-order valence-corrected chi connectivity index (χ2v) is 26.9. The number of hydrogen-bond donors (Lipinski definition) is 7. The Balaban J connectivity index is 0.000000143. The van der Waals surface area contributed by atoms with E-state index in [9.17, 15) is 19.5 Å². The van der Waals surface area contributed by atoms with E-state index >= 15 is 0 Å². The average molecular weight is 1310 g/mol. The summed E-state index contributed by atoms with van der Waals surface area (Å²) in [5, 5.41) is 34.1. The number of aromatic hydroxyl groups is 1. The lowest BCUT2D eigenvalue weighted by Crippen LogP contribution is -2.36. The molecule has 3 aliphatic rings. The SMILES string of the molecule is CC(C)N1CCc2ncccc2C1.CC(C)c1ccc2[nH]c(=O)ccc2c1.CC(C)c1ccc2[nH]ccc(=O)c2c1.CC(C)c1ccc2c(c1)NCC(=O)N2.CC(C)c1ccc2c(c1)NCCN2.CC(C)c1ccc2nnccc2c1.CC(C)c1ncc2cc(O)c(Cl)cc2n1. The highest BCUT2D eigenvalue weighted by Gasteiger charge is 2.19. The quantitative estimate of drug-likeness (QED) is 0.0791. The molecule has 6 aromatic carbocycles. The fourth-order valence-electron chi connectivity index (χ4n) is 10.8. The van der Waals surface area contributed by atoms with Gasteiger partial charge >= 0.3 is 0 Å². The molecule has 0 unspecified atom stereocenters. The standard InChI is InChI=1S/2C12H13NO.C11H11ClN2O.C11H14N2O.C11H12N2.2C11H16N2/c1-8(2)9-3-5-11-10(7-9)4-6-12(14)13-11;1-8(2)9-3-4-11-10(7-9)12(14)5-6-13-11;1-6(2)11-13-5-7-3-10(15)8(12)4-9(7)14-11;1-7(2)8-3-4-9-10(5-8)12-6-11(14)13-9;1-8(2)9-3-4-11-10(7-9)5-6-12-13-11;1-8(2)9-3-4-10-11(7-9)13-6-5-12-10;1-9(2)13-7-5-11-10(8-13)4-3-6-12-11/h2*3-8H,1-2H3,(H,13,14);3-6,15H,1-2H3;3-5,7,12H,6H2,1-2H3,(H,13,14);3-8H,1-2H3;3-4,7-8,12-13H,5-6H2,1-2H3;3-4,6,9H,5,7-8H2,1-2H3. The Bertz CT molecular complexity index is 4520. The molecular formula is C79H95ClN12O4. The first-order chi connectivity index (χ1) is 45.9. The minimum atomic E-state index is -0.0465. The van der Waals surface area contributed by atoms with Crippen LogP contribution in [0.3, 0.4) is 0 Å². The Kier molecular flexibility index (Phi) is 25.8. The van der Waals surface area contributed by atoms with Crippen LogP contribution in [0.25, 0.3) is 43.6 Å². The number of fused-ring (bicyclic) bond motifs is 7. The number of carbonyl (C=O) groups excluding carboxylic acids is 1. The van der Waals surface area contributed by atoms with E-state index in [4.69, 9.17) is 11.6 Å². The molecule has 3 aliphatic heterocycles. The van der Waals surface area contributed by atoms with Crippen molar-refractivity contribution in [3.8, 4) is 5.75 Å². The first-order valence-electron chi connectivity index (χ1n) is 33.5. The van der Waals surface area contributed by atoms with Gasteiger partial charge in [-0.15, -0.1) is 0 Å². The van der Waals surface area contributed by atoms with Crippen LogP contribution < -0.4 is 32.3 Å². The van der Waals surface area contributed by atoms with Gasteiger partial charge in [-0.05, 0) is 173 Å². The van der Waals surface area contributed by atoms with Gasteiger partial charge < -0.3 is 36.3 Å². The van der Waals surface area contributed by atoms with Crippen LogP contribution in [0.15, 0.2) is 174 Å². The zero-order valence-corrected chi connectivity index (χ0v) is 58.9.